The van der Waals surface area contributed by atoms with Crippen molar-refractivity contribution in [1.82, 2.24) is 15.5 Å². The van der Waals surface area contributed by atoms with Crippen LogP contribution < -0.4 is 10.6 Å². The summed E-state index contributed by atoms with van der Waals surface area (Å²) in [5, 5.41) is 6.73. The summed E-state index contributed by atoms with van der Waals surface area (Å²) < 4.78 is 5.77. The minimum Gasteiger partial charge on any atom is -0.373 e. The molecule has 0 radical (unpaired) electrons. The molecule has 5 heteroatoms. The van der Waals surface area contributed by atoms with Crippen molar-refractivity contribution in [3.63, 3.8) is 0 Å². The monoisotopic (exact) mass is 284 g/mol. The van der Waals surface area contributed by atoms with E-state index in [1.807, 2.05) is 7.05 Å². The molecule has 20 heavy (non-hydrogen) atoms. The Hall–Kier alpha value is -0.810. The van der Waals surface area contributed by atoms with Crippen LogP contribution in [0, 0.1) is 0 Å². The summed E-state index contributed by atoms with van der Waals surface area (Å²) >= 11 is 0. The van der Waals surface area contributed by atoms with Crippen molar-refractivity contribution in [3.05, 3.63) is 0 Å². The molecule has 0 aromatic rings. The van der Waals surface area contributed by atoms with Crippen molar-refractivity contribution in [1.29, 1.82) is 0 Å². The van der Waals surface area contributed by atoms with Gasteiger partial charge in [-0.2, -0.15) is 0 Å². The Morgan fingerprint density at radius 1 is 1.45 bits per heavy atom. The summed E-state index contributed by atoms with van der Waals surface area (Å²) in [6.45, 7) is 10.2. The van der Waals surface area contributed by atoms with Crippen molar-refractivity contribution >= 4 is 5.96 Å². The third kappa shape index (κ3) is 5.67. The molecule has 0 saturated carbocycles. The quantitative estimate of drug-likeness (QED) is 0.549. The van der Waals surface area contributed by atoms with Gasteiger partial charge in [0.1, 0.15) is 0 Å². The van der Waals surface area contributed by atoms with Crippen LogP contribution in [0.2, 0.25) is 0 Å². The Kier molecular flexibility index (Phi) is 7.30. The zero-order valence-corrected chi connectivity index (χ0v) is 13.8. The minimum atomic E-state index is -0.0366. The van der Waals surface area contributed by atoms with Crippen LogP contribution in [0.5, 0.6) is 0 Å². The van der Waals surface area contributed by atoms with Gasteiger partial charge in [-0.3, -0.25) is 4.99 Å². The molecule has 0 aliphatic carbocycles. The first kappa shape index (κ1) is 17.2. The van der Waals surface area contributed by atoms with Crippen molar-refractivity contribution in [3.8, 4) is 0 Å². The number of hydrogen-bond acceptors (Lipinski definition) is 3. The fourth-order valence-electron chi connectivity index (χ4n) is 2.35. The van der Waals surface area contributed by atoms with Crippen LogP contribution in [0.15, 0.2) is 4.99 Å². The van der Waals surface area contributed by atoms with E-state index in [9.17, 15) is 0 Å². The third-order valence-corrected chi connectivity index (χ3v) is 4.25. The lowest BCUT2D eigenvalue weighted by molar-refractivity contribution is 0.0243. The largest absolute Gasteiger partial charge is 0.373 e. The molecule has 1 aliphatic rings. The molecule has 0 bridgehead atoms. The number of nitrogens with one attached hydrogen (secondary N) is 2. The van der Waals surface area contributed by atoms with E-state index >= 15 is 0 Å². The fourth-order valence-corrected chi connectivity index (χ4v) is 2.35. The Balaban J connectivity index is 2.23. The lowest BCUT2D eigenvalue weighted by Crippen LogP contribution is -2.47. The maximum atomic E-state index is 5.77. The molecule has 1 fully saturated rings. The zero-order chi connectivity index (χ0) is 15.0. The summed E-state index contributed by atoms with van der Waals surface area (Å²) in [7, 11) is 3.98. The molecular formula is C15H32N4O. The second-order valence-electron chi connectivity index (χ2n) is 5.99. The predicted octanol–water partition coefficient (Wildman–Crippen LogP) is 1.45. The van der Waals surface area contributed by atoms with Crippen LogP contribution in [0.4, 0.5) is 0 Å². The molecular weight excluding hydrogens is 252 g/mol. The molecule has 0 spiro atoms. The van der Waals surface area contributed by atoms with Gasteiger partial charge in [-0.25, -0.2) is 0 Å². The van der Waals surface area contributed by atoms with Crippen LogP contribution in [-0.2, 0) is 4.74 Å². The molecule has 0 aromatic carbocycles. The minimum absolute atomic E-state index is 0.0366. The van der Waals surface area contributed by atoms with Gasteiger partial charge in [-0.1, -0.05) is 6.92 Å². The first-order valence-corrected chi connectivity index (χ1v) is 7.79. The molecule has 1 rings (SSSR count). The van der Waals surface area contributed by atoms with Crippen LogP contribution in [0.1, 0.15) is 40.0 Å². The predicted molar refractivity (Wildman–Crippen MR) is 85.3 cm³/mol. The van der Waals surface area contributed by atoms with Crippen molar-refractivity contribution in [2.45, 2.75) is 51.7 Å². The molecule has 1 saturated heterocycles. The van der Waals surface area contributed by atoms with E-state index in [4.69, 9.17) is 4.74 Å². The number of nitrogens with zero attached hydrogens (tertiary/aromatic N) is 2. The summed E-state index contributed by atoms with van der Waals surface area (Å²) in [4.78, 5) is 6.63. The van der Waals surface area contributed by atoms with Crippen LogP contribution in [-0.4, -0.2) is 62.8 Å². The second kappa shape index (κ2) is 8.47. The van der Waals surface area contributed by atoms with E-state index < -0.39 is 0 Å². The molecule has 1 aliphatic heterocycles. The molecule has 1 heterocycles. The molecule has 5 nitrogen and oxygen atoms in total. The number of ether oxygens (including phenoxy) is 1. The van der Waals surface area contributed by atoms with Crippen molar-refractivity contribution < 1.29 is 4.74 Å². The lowest BCUT2D eigenvalue weighted by Gasteiger charge is -2.26. The van der Waals surface area contributed by atoms with Crippen LogP contribution >= 0.6 is 0 Å². The summed E-state index contributed by atoms with van der Waals surface area (Å²) in [6.07, 6.45) is 3.46. The van der Waals surface area contributed by atoms with E-state index in [-0.39, 0.29) is 5.60 Å². The first-order valence-electron chi connectivity index (χ1n) is 7.79. The highest BCUT2D eigenvalue weighted by Gasteiger charge is 2.29. The van der Waals surface area contributed by atoms with Gasteiger partial charge < -0.3 is 20.3 Å². The summed E-state index contributed by atoms with van der Waals surface area (Å²) in [5.74, 6) is 0.860. The highest BCUT2D eigenvalue weighted by atomic mass is 16.5. The maximum Gasteiger partial charge on any atom is 0.191 e. The van der Waals surface area contributed by atoms with Gasteiger partial charge in [-0.15, -0.1) is 0 Å². The fraction of sp³-hybridized carbons (Fsp3) is 0.933. The normalized spacial score (nSPS) is 25.0. The summed E-state index contributed by atoms with van der Waals surface area (Å²) in [6, 6.07) is 0.623. The standard InChI is InChI=1S/C15H32N4O/c1-6-13(2)19(5)10-9-17-14(16-4)18-12-15(3)8-7-11-20-15/h13H,6-12H2,1-5H3,(H2,16,17,18). The highest BCUT2D eigenvalue weighted by molar-refractivity contribution is 5.79. The van der Waals surface area contributed by atoms with Gasteiger partial charge in [-0.05, 0) is 40.2 Å². The van der Waals surface area contributed by atoms with Crippen molar-refractivity contribution in [2.75, 3.05) is 40.3 Å². The topological polar surface area (TPSA) is 48.9 Å². The van der Waals surface area contributed by atoms with E-state index in [0.29, 0.717) is 6.04 Å². The number of hydrogen-bond donors (Lipinski definition) is 2. The summed E-state index contributed by atoms with van der Waals surface area (Å²) in [5.41, 5.74) is -0.0366. The molecule has 0 aromatic heterocycles. The van der Waals surface area contributed by atoms with Gasteiger partial charge in [0.2, 0.25) is 0 Å². The van der Waals surface area contributed by atoms with Crippen LogP contribution in [0.25, 0.3) is 0 Å². The molecule has 118 valence electrons. The van der Waals surface area contributed by atoms with E-state index in [1.165, 1.54) is 6.42 Å². The second-order valence-corrected chi connectivity index (χ2v) is 5.99. The van der Waals surface area contributed by atoms with Crippen molar-refractivity contribution in [2.24, 2.45) is 4.99 Å². The smallest absolute Gasteiger partial charge is 0.191 e. The van der Waals surface area contributed by atoms with Gasteiger partial charge in [0.25, 0.3) is 0 Å². The van der Waals surface area contributed by atoms with Crippen LogP contribution in [0.3, 0.4) is 0 Å². The molecule has 2 unspecified atom stereocenters. The Morgan fingerprint density at radius 3 is 2.75 bits per heavy atom. The van der Waals surface area contributed by atoms with Gasteiger partial charge in [0.05, 0.1) is 5.60 Å². The average molecular weight is 284 g/mol. The van der Waals surface area contributed by atoms with Gasteiger partial charge in [0.15, 0.2) is 5.96 Å². The first-order chi connectivity index (χ1) is 9.50. The van der Waals surface area contributed by atoms with E-state index in [1.54, 1.807) is 0 Å². The maximum absolute atomic E-state index is 5.77. The zero-order valence-electron chi connectivity index (χ0n) is 13.8. The third-order valence-electron chi connectivity index (χ3n) is 4.25. The lowest BCUT2D eigenvalue weighted by atomic mass is 10.0. The van der Waals surface area contributed by atoms with Gasteiger partial charge in [0, 0.05) is 39.3 Å². The molecule has 2 N–H and O–H groups in total. The molecule has 2 atom stereocenters. The highest BCUT2D eigenvalue weighted by Crippen LogP contribution is 2.23. The number of aliphatic imine (C=N–C) groups is 1. The Bertz CT molecular complexity index is 300. The number of guanidine groups is 1. The van der Waals surface area contributed by atoms with E-state index in [0.717, 1.165) is 45.0 Å². The Morgan fingerprint density at radius 2 is 2.20 bits per heavy atom. The van der Waals surface area contributed by atoms with Gasteiger partial charge >= 0.3 is 0 Å². The number of likely N-dealkylation sites (N-methyl/N-ethyl adjacent to an activating group) is 1. The van der Waals surface area contributed by atoms with E-state index in [2.05, 4.69) is 48.3 Å². The molecule has 0 amide bonds. The Labute approximate surface area is 124 Å². The average Bonchev–Trinajstić information content (AvgIpc) is 2.88. The SMILES string of the molecule is CCC(C)N(C)CCNC(=NC)NCC1(C)CCCO1. The number of rotatable bonds is 7.